The first-order valence-electron chi connectivity index (χ1n) is 10.5. The Balaban J connectivity index is 0.000000179. The molecule has 3 nitrogen and oxygen atoms in total. The second-order valence-electron chi connectivity index (χ2n) is 7.99. The van der Waals surface area contributed by atoms with Crippen molar-refractivity contribution in [3.05, 3.63) is 97.9 Å². The molecule has 0 aliphatic heterocycles. The van der Waals surface area contributed by atoms with Crippen LogP contribution in [0.25, 0.3) is 33.1 Å². The van der Waals surface area contributed by atoms with Crippen LogP contribution in [0.3, 0.4) is 0 Å². The van der Waals surface area contributed by atoms with Crippen LogP contribution in [0.1, 0.15) is 16.8 Å². The van der Waals surface area contributed by atoms with Crippen LogP contribution in [-0.2, 0) is 0 Å². The van der Waals surface area contributed by atoms with E-state index in [1.165, 1.54) is 6.07 Å². The number of halogens is 7. The maximum absolute atomic E-state index is 13.9. The molecule has 5 rings (SSSR count). The molecule has 0 saturated carbocycles. The van der Waals surface area contributed by atoms with E-state index >= 15 is 0 Å². The maximum Gasteiger partial charge on any atom is 0.137 e. The Morgan fingerprint density at radius 1 is 0.667 bits per heavy atom. The van der Waals surface area contributed by atoms with Gasteiger partial charge < -0.3 is 0 Å². The van der Waals surface area contributed by atoms with Gasteiger partial charge in [-0.05, 0) is 38.5 Å². The van der Waals surface area contributed by atoms with E-state index in [9.17, 15) is 17.6 Å². The fourth-order valence-corrected chi connectivity index (χ4v) is 4.37. The van der Waals surface area contributed by atoms with Gasteiger partial charge >= 0.3 is 0 Å². The van der Waals surface area contributed by atoms with Crippen LogP contribution >= 0.6 is 34.8 Å². The van der Waals surface area contributed by atoms with E-state index in [1.54, 1.807) is 20.0 Å². The molecule has 0 saturated heterocycles. The normalized spacial score (nSPS) is 11.1. The van der Waals surface area contributed by atoms with Crippen LogP contribution in [0.2, 0.25) is 15.2 Å². The molecule has 0 unspecified atom stereocenters. The summed E-state index contributed by atoms with van der Waals surface area (Å²) in [6, 6.07) is 7.55. The number of hydrogen-bond acceptors (Lipinski definition) is 3. The zero-order chi connectivity index (χ0) is 26.3. The monoisotopic (exact) mass is 551 g/mol. The third kappa shape index (κ3) is 4.96. The molecule has 0 radical (unpaired) electrons. The molecule has 0 spiro atoms. The molecule has 0 aliphatic carbocycles. The fraction of sp³-hybridized carbons (Fsp3) is 0.115. The molecule has 0 atom stereocenters. The molecule has 0 fully saturated rings. The summed E-state index contributed by atoms with van der Waals surface area (Å²) in [7, 11) is 0. The van der Waals surface area contributed by atoms with Gasteiger partial charge in [-0.15, -0.1) is 0 Å². The number of aryl methyl sites for hydroxylation is 1. The Morgan fingerprint density at radius 2 is 1.19 bits per heavy atom. The minimum Gasteiger partial charge on any atom is -0.261 e. The number of hydrogen-bond donors (Lipinski definition) is 0. The van der Waals surface area contributed by atoms with Crippen molar-refractivity contribution < 1.29 is 17.6 Å². The van der Waals surface area contributed by atoms with E-state index in [0.717, 1.165) is 29.5 Å². The highest BCUT2D eigenvalue weighted by molar-refractivity contribution is 6.39. The van der Waals surface area contributed by atoms with Crippen molar-refractivity contribution in [2.24, 2.45) is 0 Å². The zero-order valence-electron chi connectivity index (χ0n) is 19.0. The van der Waals surface area contributed by atoms with Crippen LogP contribution in [-0.4, -0.2) is 15.0 Å². The molecule has 0 aliphatic rings. The molecule has 184 valence electrons. The topological polar surface area (TPSA) is 38.7 Å². The summed E-state index contributed by atoms with van der Waals surface area (Å²) in [5.41, 5.74) is 3.64. The Kier molecular flexibility index (Phi) is 7.36. The molecule has 0 amide bonds. The number of nitrogens with zero attached hydrogens (tertiary/aromatic N) is 3. The van der Waals surface area contributed by atoms with Gasteiger partial charge in [0.25, 0.3) is 0 Å². The van der Waals surface area contributed by atoms with E-state index < -0.39 is 23.3 Å². The van der Waals surface area contributed by atoms with Crippen molar-refractivity contribution in [2.45, 2.75) is 20.8 Å². The van der Waals surface area contributed by atoms with Gasteiger partial charge in [0.1, 0.15) is 28.4 Å². The summed E-state index contributed by atoms with van der Waals surface area (Å²) in [6.07, 6.45) is 1.67. The Hall–Kier alpha value is -3.00. The number of fused-ring (bicyclic) bond motifs is 2. The average molecular weight is 553 g/mol. The fourth-order valence-electron chi connectivity index (χ4n) is 3.58. The highest BCUT2D eigenvalue weighted by atomic mass is 35.5. The molecular weight excluding hydrogens is 537 g/mol. The summed E-state index contributed by atoms with van der Waals surface area (Å²) in [4.78, 5) is 12.4. The Morgan fingerprint density at radius 3 is 1.72 bits per heavy atom. The first-order chi connectivity index (χ1) is 17.0. The van der Waals surface area contributed by atoms with Gasteiger partial charge in [-0.25, -0.2) is 27.5 Å². The third-order valence-corrected chi connectivity index (χ3v) is 6.78. The smallest absolute Gasteiger partial charge is 0.137 e. The lowest BCUT2D eigenvalue weighted by Crippen LogP contribution is -1.96. The Bertz CT molecular complexity index is 1640. The van der Waals surface area contributed by atoms with Gasteiger partial charge in [-0.1, -0.05) is 34.8 Å². The largest absolute Gasteiger partial charge is 0.261 e. The molecule has 0 N–H and O–H groups in total. The first-order valence-corrected chi connectivity index (χ1v) is 11.6. The lowest BCUT2D eigenvalue weighted by atomic mass is 10.0. The Labute approximate surface area is 218 Å². The second kappa shape index (κ2) is 10.2. The van der Waals surface area contributed by atoms with Gasteiger partial charge in [-0.2, -0.15) is 0 Å². The number of pyridine rings is 3. The first kappa shape index (κ1) is 26.1. The van der Waals surface area contributed by atoms with Crippen LogP contribution in [0.5, 0.6) is 0 Å². The number of rotatable bonds is 1. The van der Waals surface area contributed by atoms with Crippen molar-refractivity contribution in [1.82, 2.24) is 15.0 Å². The molecule has 36 heavy (non-hydrogen) atoms. The number of aromatic nitrogens is 3. The molecule has 3 aromatic heterocycles. The van der Waals surface area contributed by atoms with E-state index in [2.05, 4.69) is 15.0 Å². The van der Waals surface area contributed by atoms with Crippen molar-refractivity contribution in [2.75, 3.05) is 0 Å². The summed E-state index contributed by atoms with van der Waals surface area (Å²) >= 11 is 17.9. The lowest BCUT2D eigenvalue weighted by molar-refractivity contribution is 0.590. The lowest BCUT2D eigenvalue weighted by Gasteiger charge is -2.11. The zero-order valence-corrected chi connectivity index (χ0v) is 21.3. The van der Waals surface area contributed by atoms with Gasteiger partial charge in [0.05, 0.1) is 37.5 Å². The predicted molar refractivity (Wildman–Crippen MR) is 136 cm³/mol. The van der Waals surface area contributed by atoms with Gasteiger partial charge in [-0.3, -0.25) is 4.98 Å². The summed E-state index contributed by atoms with van der Waals surface area (Å²) in [6.45, 7) is 5.26. The molecule has 2 aromatic carbocycles. The second-order valence-corrected chi connectivity index (χ2v) is 9.11. The molecule has 10 heteroatoms. The average Bonchev–Trinajstić information content (AvgIpc) is 2.80. The highest BCUT2D eigenvalue weighted by Gasteiger charge is 2.16. The summed E-state index contributed by atoms with van der Waals surface area (Å²) < 4.78 is 53.6. The standard InChI is InChI=1S/C16H11ClF2N2.C10H5Cl2F2N/c1-8-3-4-10(7-20-8)16-9(2)15(17)14-12(19)5-11(18)6-13(14)21-16;1-4-9(11)8-6(14)2-5(13)3-7(8)15-10(4)12/h3-7H,1-2H3;2-3H,1H3. The quantitative estimate of drug-likeness (QED) is 0.154. The molecule has 0 bridgehead atoms. The van der Waals surface area contributed by atoms with E-state index in [4.69, 9.17) is 34.8 Å². The maximum atomic E-state index is 13.9. The van der Waals surface area contributed by atoms with E-state index in [0.29, 0.717) is 16.8 Å². The van der Waals surface area contributed by atoms with Crippen LogP contribution in [0, 0.1) is 44.0 Å². The van der Waals surface area contributed by atoms with Crippen molar-refractivity contribution >= 4 is 56.6 Å². The highest BCUT2D eigenvalue weighted by Crippen LogP contribution is 2.35. The summed E-state index contributed by atoms with van der Waals surface area (Å²) in [5, 5.41) is 0.799. The van der Waals surface area contributed by atoms with Gasteiger partial charge in [0, 0.05) is 47.3 Å². The SMILES string of the molecule is Cc1c(Cl)nc2cc(F)cc(F)c2c1Cl.Cc1ccc(-c2nc3cc(F)cc(F)c3c(Cl)c2C)cn1. The van der Waals surface area contributed by atoms with Gasteiger partial charge in [0.2, 0.25) is 0 Å². The van der Waals surface area contributed by atoms with Crippen LogP contribution in [0.15, 0.2) is 42.6 Å². The van der Waals surface area contributed by atoms with E-state index in [1.807, 2.05) is 19.1 Å². The third-order valence-electron chi connectivity index (χ3n) is 5.47. The minimum atomic E-state index is -0.734. The van der Waals surface area contributed by atoms with Crippen LogP contribution in [0.4, 0.5) is 17.6 Å². The molecule has 5 aromatic rings. The van der Waals surface area contributed by atoms with E-state index in [-0.39, 0.29) is 37.0 Å². The number of benzene rings is 2. The van der Waals surface area contributed by atoms with Crippen LogP contribution < -0.4 is 0 Å². The summed E-state index contributed by atoms with van der Waals surface area (Å²) in [5.74, 6) is -2.83. The van der Waals surface area contributed by atoms with Crippen molar-refractivity contribution in [1.29, 1.82) is 0 Å². The molecular formula is C26H16Cl3F4N3. The predicted octanol–water partition coefficient (Wildman–Crippen LogP) is 8.97. The van der Waals surface area contributed by atoms with Crippen molar-refractivity contribution in [3.63, 3.8) is 0 Å². The van der Waals surface area contributed by atoms with Gasteiger partial charge in [0.15, 0.2) is 0 Å². The molecule has 3 heterocycles. The minimum absolute atomic E-state index is 0.0972. The van der Waals surface area contributed by atoms with Crippen molar-refractivity contribution in [3.8, 4) is 11.3 Å².